The molecule has 1 saturated carbocycles. The Morgan fingerprint density at radius 2 is 1.73 bits per heavy atom. The first-order chi connectivity index (χ1) is 28.7. The van der Waals surface area contributed by atoms with Crippen LogP contribution in [-0.2, 0) is 16.6 Å². The van der Waals surface area contributed by atoms with Gasteiger partial charge in [0.15, 0.2) is 5.65 Å². The molecule has 2 saturated heterocycles. The Kier molecular flexibility index (Phi) is 10.4. The van der Waals surface area contributed by atoms with Crippen LogP contribution >= 0.6 is 0 Å². The molecular weight excluding hydrogens is 747 g/mol. The van der Waals surface area contributed by atoms with Gasteiger partial charge in [0.25, 0.3) is 5.91 Å². The number of imidazole rings is 1. The maximum Gasteiger partial charge on any atom is 0.329 e. The maximum atomic E-state index is 13.5. The predicted molar refractivity (Wildman–Crippen MR) is 223 cm³/mol. The normalized spacial score (nSPS) is 20.4. The summed E-state index contributed by atoms with van der Waals surface area (Å²) in [5.41, 5.74) is 6.22. The summed E-state index contributed by atoms with van der Waals surface area (Å²) in [4.78, 5) is 60.5. The number of rotatable bonds is 8. The van der Waals surface area contributed by atoms with E-state index in [2.05, 4.69) is 78.2 Å². The standard InChI is InChI=1S/C44H47N11O4/c1-29-9-13-31(14-10-29)39-35(47-42(57)34-26-46-53-21-5-19-45-41(34)53)28-54(49-39)33-15-11-30(12-16-33)27-52-24-22-51(23-25-52)20-4-7-32-6-3-8-36-40(32)50(2)44(59)55(36)37-17-18-38(56)48-43(37)58/h3,5-6,8-10,13-14,19,21,26,28,30,33,37H,11-12,15-18,20,22-25,27H2,1-2H3,(H,47,57)(H,48,56,58). The largest absolute Gasteiger partial charge is 0.329 e. The van der Waals surface area contributed by atoms with Gasteiger partial charge in [-0.2, -0.15) is 10.2 Å². The van der Waals surface area contributed by atoms with Crippen LogP contribution in [0.1, 0.15) is 72.1 Å². The molecule has 3 fully saturated rings. The van der Waals surface area contributed by atoms with Crippen molar-refractivity contribution < 1.29 is 14.4 Å². The number of hydrogen-bond donors (Lipinski definition) is 2. The lowest BCUT2D eigenvalue weighted by molar-refractivity contribution is -0.135. The second-order valence-electron chi connectivity index (χ2n) is 16.0. The number of piperidine rings is 1. The van der Waals surface area contributed by atoms with Crippen molar-refractivity contribution in [1.82, 2.24) is 48.6 Å². The Hall–Kier alpha value is -6.37. The Bertz CT molecular complexity index is 2680. The van der Waals surface area contributed by atoms with E-state index in [1.54, 1.807) is 40.8 Å². The molecule has 6 aromatic rings. The van der Waals surface area contributed by atoms with Crippen LogP contribution < -0.4 is 16.3 Å². The number of carbonyl (C=O) groups excluding carboxylic acids is 3. The molecule has 6 heterocycles. The van der Waals surface area contributed by atoms with E-state index in [9.17, 15) is 19.2 Å². The number of nitrogens with one attached hydrogen (secondary N) is 2. The van der Waals surface area contributed by atoms with Crippen molar-refractivity contribution in [2.24, 2.45) is 13.0 Å². The Morgan fingerprint density at radius 3 is 2.51 bits per heavy atom. The number of fused-ring (bicyclic) bond motifs is 2. The smallest absolute Gasteiger partial charge is 0.319 e. The zero-order chi connectivity index (χ0) is 40.6. The number of aryl methyl sites for hydroxylation is 2. The van der Waals surface area contributed by atoms with E-state index in [1.165, 1.54) is 4.57 Å². The highest BCUT2D eigenvalue weighted by atomic mass is 16.2. The van der Waals surface area contributed by atoms with Crippen molar-refractivity contribution >= 4 is 40.1 Å². The van der Waals surface area contributed by atoms with Gasteiger partial charge in [0.2, 0.25) is 11.8 Å². The molecule has 0 spiro atoms. The molecule has 2 N–H and O–H groups in total. The molecule has 302 valence electrons. The molecule has 1 unspecified atom stereocenters. The zero-order valence-electron chi connectivity index (χ0n) is 33.3. The van der Waals surface area contributed by atoms with Crippen LogP contribution in [0.4, 0.5) is 5.69 Å². The molecule has 1 atom stereocenters. The summed E-state index contributed by atoms with van der Waals surface area (Å²) in [5.74, 6) is 6.24. The molecule has 4 aromatic heterocycles. The van der Waals surface area contributed by atoms with Crippen molar-refractivity contribution in [2.45, 2.75) is 57.5 Å². The summed E-state index contributed by atoms with van der Waals surface area (Å²) in [6.45, 7) is 7.62. The fourth-order valence-electron chi connectivity index (χ4n) is 8.87. The number of hydrogen-bond acceptors (Lipinski definition) is 9. The van der Waals surface area contributed by atoms with Gasteiger partial charge in [0.1, 0.15) is 17.3 Å². The van der Waals surface area contributed by atoms with Crippen LogP contribution in [0.25, 0.3) is 27.9 Å². The number of aromatic nitrogens is 7. The van der Waals surface area contributed by atoms with Crippen LogP contribution in [0, 0.1) is 24.7 Å². The lowest BCUT2D eigenvalue weighted by atomic mass is 9.85. The fraction of sp³-hybridized carbons (Fsp3) is 0.386. The number of nitrogens with zero attached hydrogens (tertiary/aromatic N) is 9. The van der Waals surface area contributed by atoms with Crippen LogP contribution in [0.15, 0.2) is 78.1 Å². The molecule has 2 aliphatic heterocycles. The first-order valence-electron chi connectivity index (χ1n) is 20.4. The van der Waals surface area contributed by atoms with E-state index in [1.807, 2.05) is 24.4 Å². The minimum Gasteiger partial charge on any atom is -0.319 e. The molecular formula is C44H47N11O4. The summed E-state index contributed by atoms with van der Waals surface area (Å²) in [6.07, 6.45) is 11.7. The van der Waals surface area contributed by atoms with Gasteiger partial charge in [-0.3, -0.25) is 38.4 Å². The Morgan fingerprint density at radius 1 is 0.949 bits per heavy atom. The molecule has 9 rings (SSSR count). The average Bonchev–Trinajstić information content (AvgIpc) is 3.94. The number of imide groups is 1. The van der Waals surface area contributed by atoms with Gasteiger partial charge in [-0.15, -0.1) is 0 Å². The quantitative estimate of drug-likeness (QED) is 0.171. The van der Waals surface area contributed by atoms with Crippen molar-refractivity contribution in [3.63, 3.8) is 0 Å². The van der Waals surface area contributed by atoms with Gasteiger partial charge < -0.3 is 10.2 Å². The third kappa shape index (κ3) is 7.69. The number of anilines is 1. The summed E-state index contributed by atoms with van der Waals surface area (Å²) in [5, 5.41) is 14.8. The third-order valence-corrected chi connectivity index (χ3v) is 12.2. The highest BCUT2D eigenvalue weighted by Crippen LogP contribution is 2.36. The van der Waals surface area contributed by atoms with Gasteiger partial charge in [0.05, 0.1) is 41.1 Å². The minimum absolute atomic E-state index is 0.199. The molecule has 3 aliphatic rings. The van der Waals surface area contributed by atoms with Gasteiger partial charge >= 0.3 is 5.69 Å². The van der Waals surface area contributed by atoms with Crippen LogP contribution in [0.3, 0.4) is 0 Å². The first kappa shape index (κ1) is 38.2. The van der Waals surface area contributed by atoms with E-state index in [-0.39, 0.29) is 30.0 Å². The third-order valence-electron chi connectivity index (χ3n) is 12.2. The lowest BCUT2D eigenvalue weighted by Gasteiger charge is -2.37. The summed E-state index contributed by atoms with van der Waals surface area (Å²) in [7, 11) is 1.70. The van der Waals surface area contributed by atoms with Gasteiger partial charge in [-0.1, -0.05) is 47.7 Å². The second kappa shape index (κ2) is 16.1. The fourth-order valence-corrected chi connectivity index (χ4v) is 8.87. The second-order valence-corrected chi connectivity index (χ2v) is 16.0. The Labute approximate surface area is 341 Å². The number of amides is 3. The summed E-state index contributed by atoms with van der Waals surface area (Å²) >= 11 is 0. The molecule has 15 heteroatoms. The monoisotopic (exact) mass is 793 g/mol. The van der Waals surface area contributed by atoms with Crippen molar-refractivity contribution in [3.05, 3.63) is 100 Å². The van der Waals surface area contributed by atoms with E-state index < -0.39 is 11.9 Å². The van der Waals surface area contributed by atoms with E-state index in [0.717, 1.165) is 80.8 Å². The first-order valence-corrected chi connectivity index (χ1v) is 20.4. The molecule has 1 aliphatic carbocycles. The number of carbonyl (C=O) groups is 3. The SMILES string of the molecule is Cc1ccc(-c2nn(C3CCC(CN4CCN(CC#Cc5cccc6c5n(C)c(=O)n6C5CCC(=O)NC5=O)CC4)CC3)cc2NC(=O)c2cnn3cccnc23)cc1. The molecule has 15 nitrogen and oxygen atoms in total. The van der Waals surface area contributed by atoms with Gasteiger partial charge in [0, 0.05) is 70.3 Å². The van der Waals surface area contributed by atoms with Crippen molar-refractivity contribution in [3.8, 4) is 23.1 Å². The van der Waals surface area contributed by atoms with Gasteiger partial charge in [-0.05, 0) is 63.1 Å². The zero-order valence-corrected chi connectivity index (χ0v) is 33.3. The Balaban J connectivity index is 0.796. The van der Waals surface area contributed by atoms with Crippen molar-refractivity contribution in [2.75, 3.05) is 44.6 Å². The minimum atomic E-state index is -0.726. The lowest BCUT2D eigenvalue weighted by Crippen LogP contribution is -2.48. The molecule has 2 aromatic carbocycles. The highest BCUT2D eigenvalue weighted by molar-refractivity contribution is 6.09. The topological polar surface area (TPSA) is 157 Å². The number of benzene rings is 2. The van der Waals surface area contributed by atoms with E-state index in [0.29, 0.717) is 46.8 Å². The summed E-state index contributed by atoms with van der Waals surface area (Å²) in [6, 6.07) is 15.1. The van der Waals surface area contributed by atoms with Gasteiger partial charge in [-0.25, -0.2) is 14.3 Å². The molecule has 0 radical (unpaired) electrons. The van der Waals surface area contributed by atoms with Crippen LogP contribution in [0.2, 0.25) is 0 Å². The summed E-state index contributed by atoms with van der Waals surface area (Å²) < 4.78 is 6.70. The molecule has 3 amide bonds. The number of para-hydroxylation sites is 1. The van der Waals surface area contributed by atoms with Crippen LogP contribution in [-0.4, -0.2) is 100 Å². The maximum absolute atomic E-state index is 13.5. The van der Waals surface area contributed by atoms with Crippen LogP contribution in [0.5, 0.6) is 0 Å². The van der Waals surface area contributed by atoms with E-state index in [4.69, 9.17) is 5.10 Å². The number of piperazine rings is 1. The predicted octanol–water partition coefficient (Wildman–Crippen LogP) is 4.19. The average molecular weight is 794 g/mol. The van der Waals surface area contributed by atoms with Crippen molar-refractivity contribution in [1.29, 1.82) is 0 Å². The highest BCUT2D eigenvalue weighted by Gasteiger charge is 2.32. The molecule has 59 heavy (non-hydrogen) atoms. The van der Waals surface area contributed by atoms with E-state index >= 15 is 0 Å². The molecule has 0 bridgehead atoms.